The minimum atomic E-state index is -0.687. The zero-order valence-corrected chi connectivity index (χ0v) is 16.9. The highest BCUT2D eigenvalue weighted by Gasteiger charge is 2.30. The van der Waals surface area contributed by atoms with E-state index < -0.39 is 23.2 Å². The van der Waals surface area contributed by atoms with E-state index in [1.165, 1.54) is 18.2 Å². The van der Waals surface area contributed by atoms with Crippen LogP contribution in [-0.2, 0) is 6.61 Å². The van der Waals surface area contributed by atoms with E-state index in [0.717, 1.165) is 0 Å². The number of aliphatic hydroxyl groups excluding tert-OH is 1. The summed E-state index contributed by atoms with van der Waals surface area (Å²) < 4.78 is 35.0. The second-order valence-corrected chi connectivity index (χ2v) is 7.87. The first-order valence-corrected chi connectivity index (χ1v) is 9.36. The lowest BCUT2D eigenvalue weighted by Crippen LogP contribution is -2.29. The number of halogens is 2. The topological polar surface area (TPSA) is 63.8 Å². The maximum absolute atomic E-state index is 13.9. The SMILES string of the molecule is Cc1nc2c(OCc3c(F)cccc3F)cccn2c1C(=O)CC(C)(C)[C@H](C)O. The van der Waals surface area contributed by atoms with E-state index in [4.69, 9.17) is 4.74 Å². The summed E-state index contributed by atoms with van der Waals surface area (Å²) in [5.74, 6) is -1.22. The third-order valence-corrected chi connectivity index (χ3v) is 5.23. The highest BCUT2D eigenvalue weighted by atomic mass is 19.1. The smallest absolute Gasteiger partial charge is 0.182 e. The molecule has 154 valence electrons. The van der Waals surface area contributed by atoms with E-state index in [1.54, 1.807) is 36.6 Å². The molecule has 1 N–H and O–H groups in total. The van der Waals surface area contributed by atoms with Crippen LogP contribution in [0, 0.1) is 24.0 Å². The molecule has 7 heteroatoms. The molecular weight excluding hydrogens is 378 g/mol. The van der Waals surface area contributed by atoms with Crippen molar-refractivity contribution in [3.8, 4) is 5.75 Å². The summed E-state index contributed by atoms with van der Waals surface area (Å²) >= 11 is 0. The van der Waals surface area contributed by atoms with Crippen molar-refractivity contribution in [2.45, 2.75) is 46.8 Å². The van der Waals surface area contributed by atoms with Gasteiger partial charge in [-0.15, -0.1) is 0 Å². The molecule has 0 saturated heterocycles. The molecule has 29 heavy (non-hydrogen) atoms. The largest absolute Gasteiger partial charge is 0.485 e. The fourth-order valence-corrected chi connectivity index (χ4v) is 3.07. The summed E-state index contributed by atoms with van der Waals surface area (Å²) in [5.41, 5.74) is 0.540. The molecule has 0 unspecified atom stereocenters. The van der Waals surface area contributed by atoms with Crippen molar-refractivity contribution in [2.75, 3.05) is 0 Å². The van der Waals surface area contributed by atoms with Gasteiger partial charge in [-0.2, -0.15) is 0 Å². The van der Waals surface area contributed by atoms with Crippen LogP contribution in [0.2, 0.25) is 0 Å². The number of aliphatic hydroxyl groups is 1. The van der Waals surface area contributed by atoms with Crippen molar-refractivity contribution in [1.29, 1.82) is 0 Å². The monoisotopic (exact) mass is 402 g/mol. The minimum absolute atomic E-state index is 0.144. The number of benzene rings is 1. The lowest BCUT2D eigenvalue weighted by Gasteiger charge is -2.27. The molecule has 0 amide bonds. The van der Waals surface area contributed by atoms with Gasteiger partial charge in [0.05, 0.1) is 17.4 Å². The molecule has 1 aromatic carbocycles. The molecule has 0 aliphatic heterocycles. The van der Waals surface area contributed by atoms with Crippen molar-refractivity contribution in [3.63, 3.8) is 0 Å². The maximum Gasteiger partial charge on any atom is 0.182 e. The summed E-state index contributed by atoms with van der Waals surface area (Å²) in [6.45, 7) is 6.72. The Morgan fingerprint density at radius 3 is 2.52 bits per heavy atom. The van der Waals surface area contributed by atoms with Gasteiger partial charge in [-0.05, 0) is 43.5 Å². The van der Waals surface area contributed by atoms with Crippen LogP contribution < -0.4 is 4.74 Å². The zero-order valence-electron chi connectivity index (χ0n) is 16.9. The van der Waals surface area contributed by atoms with Crippen LogP contribution in [0.25, 0.3) is 5.65 Å². The average Bonchev–Trinajstić information content (AvgIpc) is 2.97. The number of hydrogen-bond donors (Lipinski definition) is 1. The third-order valence-electron chi connectivity index (χ3n) is 5.23. The molecule has 2 heterocycles. The summed E-state index contributed by atoms with van der Waals surface area (Å²) in [4.78, 5) is 17.4. The van der Waals surface area contributed by atoms with E-state index in [1.807, 2.05) is 13.8 Å². The number of pyridine rings is 1. The van der Waals surface area contributed by atoms with Gasteiger partial charge >= 0.3 is 0 Å². The molecule has 0 radical (unpaired) electrons. The van der Waals surface area contributed by atoms with Gasteiger partial charge in [-0.25, -0.2) is 13.8 Å². The van der Waals surface area contributed by atoms with Crippen molar-refractivity contribution in [1.82, 2.24) is 9.38 Å². The van der Waals surface area contributed by atoms with Crippen molar-refractivity contribution in [3.05, 3.63) is 65.1 Å². The highest BCUT2D eigenvalue weighted by molar-refractivity contribution is 5.97. The van der Waals surface area contributed by atoms with Crippen LogP contribution in [-0.4, -0.2) is 26.4 Å². The van der Waals surface area contributed by atoms with E-state index in [2.05, 4.69) is 4.98 Å². The van der Waals surface area contributed by atoms with Gasteiger partial charge in [0, 0.05) is 12.6 Å². The second-order valence-electron chi connectivity index (χ2n) is 7.87. The van der Waals surface area contributed by atoms with Gasteiger partial charge in [0.1, 0.15) is 23.9 Å². The molecule has 2 aromatic heterocycles. The first-order valence-electron chi connectivity index (χ1n) is 9.36. The van der Waals surface area contributed by atoms with E-state index in [9.17, 15) is 18.7 Å². The molecule has 0 saturated carbocycles. The quantitative estimate of drug-likeness (QED) is 0.592. The van der Waals surface area contributed by atoms with Gasteiger partial charge in [0.25, 0.3) is 0 Å². The number of ether oxygens (including phenoxy) is 1. The van der Waals surface area contributed by atoms with Gasteiger partial charge in [0.15, 0.2) is 17.2 Å². The number of aromatic nitrogens is 2. The minimum Gasteiger partial charge on any atom is -0.485 e. The Hall–Kier alpha value is -2.80. The van der Waals surface area contributed by atoms with Gasteiger partial charge in [-0.3, -0.25) is 9.20 Å². The predicted molar refractivity (Wildman–Crippen MR) is 105 cm³/mol. The number of Topliss-reactive ketones (excluding diaryl/α,β-unsaturated/α-hetero) is 1. The summed E-state index contributed by atoms with van der Waals surface area (Å²) in [6, 6.07) is 6.94. The van der Waals surface area contributed by atoms with E-state index in [-0.39, 0.29) is 24.4 Å². The first kappa shape index (κ1) is 20.9. The second kappa shape index (κ2) is 7.91. The molecule has 0 fully saturated rings. The van der Waals surface area contributed by atoms with Crippen molar-refractivity contribution < 1.29 is 23.4 Å². The van der Waals surface area contributed by atoms with Gasteiger partial charge in [-0.1, -0.05) is 19.9 Å². The molecule has 1 atom stereocenters. The van der Waals surface area contributed by atoms with Gasteiger partial charge < -0.3 is 9.84 Å². The van der Waals surface area contributed by atoms with Crippen LogP contribution >= 0.6 is 0 Å². The third kappa shape index (κ3) is 4.15. The Morgan fingerprint density at radius 2 is 1.90 bits per heavy atom. The standard InChI is InChI=1S/C22H24F2N2O3/c1-13-20(18(28)11-22(3,4)14(2)27)26-10-6-9-19(21(26)25-13)29-12-15-16(23)7-5-8-17(15)24/h5-10,14,27H,11-12H2,1-4H3/t14-/m0/s1. The Balaban J connectivity index is 1.93. The number of nitrogens with zero attached hydrogens (tertiary/aromatic N) is 2. The fraction of sp³-hybridized carbons (Fsp3) is 0.364. The molecule has 0 aliphatic rings. The number of hydrogen-bond acceptors (Lipinski definition) is 4. The Bertz CT molecular complexity index is 1040. The number of aryl methyl sites for hydroxylation is 1. The van der Waals surface area contributed by atoms with Crippen LogP contribution in [0.5, 0.6) is 5.75 Å². The van der Waals surface area contributed by atoms with E-state index >= 15 is 0 Å². The molecule has 5 nitrogen and oxygen atoms in total. The van der Waals surface area contributed by atoms with Crippen LogP contribution in [0.3, 0.4) is 0 Å². The van der Waals surface area contributed by atoms with Crippen LogP contribution in [0.1, 0.15) is 48.9 Å². The van der Waals surface area contributed by atoms with Crippen molar-refractivity contribution in [2.24, 2.45) is 5.41 Å². The number of carbonyl (C=O) groups excluding carboxylic acids is 1. The zero-order chi connectivity index (χ0) is 21.3. The molecule has 0 bridgehead atoms. The molecular formula is C22H24F2N2O3. The number of ketones is 1. The predicted octanol–water partition coefficient (Wildman–Crippen LogP) is 4.48. The molecule has 0 spiro atoms. The van der Waals surface area contributed by atoms with Crippen molar-refractivity contribution >= 4 is 11.4 Å². The first-order chi connectivity index (χ1) is 13.6. The number of rotatable bonds is 7. The summed E-state index contributed by atoms with van der Waals surface area (Å²) in [5, 5.41) is 9.92. The Morgan fingerprint density at radius 1 is 1.24 bits per heavy atom. The van der Waals surface area contributed by atoms with Crippen LogP contribution in [0.15, 0.2) is 36.5 Å². The summed E-state index contributed by atoms with van der Waals surface area (Å²) in [6.07, 6.45) is 1.18. The molecule has 3 rings (SSSR count). The maximum atomic E-state index is 13.9. The number of imidazole rings is 1. The van der Waals surface area contributed by atoms with E-state index in [0.29, 0.717) is 22.8 Å². The average molecular weight is 402 g/mol. The fourth-order valence-electron chi connectivity index (χ4n) is 3.07. The Kier molecular flexibility index (Phi) is 5.71. The molecule has 0 aliphatic carbocycles. The molecule has 3 aromatic rings. The number of fused-ring (bicyclic) bond motifs is 1. The highest BCUT2D eigenvalue weighted by Crippen LogP contribution is 2.30. The Labute approximate surface area is 168 Å². The summed E-state index contributed by atoms with van der Waals surface area (Å²) in [7, 11) is 0. The van der Waals surface area contributed by atoms with Crippen LogP contribution in [0.4, 0.5) is 8.78 Å². The number of carbonyl (C=O) groups is 1. The lowest BCUT2D eigenvalue weighted by molar-refractivity contribution is 0.0523. The van der Waals surface area contributed by atoms with Gasteiger partial charge in [0.2, 0.25) is 0 Å². The normalized spacial score (nSPS) is 12.9. The lowest BCUT2D eigenvalue weighted by atomic mass is 9.81.